The van der Waals surface area contributed by atoms with Gasteiger partial charge in [0, 0.05) is 32.7 Å². The number of para-hydroxylation sites is 1. The fraction of sp³-hybridized carbons (Fsp3) is 0.650. The Balaban J connectivity index is 0.00000338. The van der Waals surface area contributed by atoms with Crippen molar-refractivity contribution in [3.63, 3.8) is 0 Å². The molecule has 0 saturated heterocycles. The summed E-state index contributed by atoms with van der Waals surface area (Å²) < 4.78 is 11.7. The first-order valence-corrected chi connectivity index (χ1v) is 8.94. The largest absolute Gasteiger partial charge is 0.487 e. The molecular formula is C20H34IN3O2. The second kappa shape index (κ2) is 9.26. The molecule has 5 nitrogen and oxygen atoms in total. The molecule has 0 saturated carbocycles. The van der Waals surface area contributed by atoms with Crippen LogP contribution in [0.3, 0.4) is 0 Å². The molecular weight excluding hydrogens is 441 g/mol. The molecule has 148 valence electrons. The highest BCUT2D eigenvalue weighted by molar-refractivity contribution is 14.0. The maximum Gasteiger partial charge on any atom is 0.191 e. The third-order valence-corrected chi connectivity index (χ3v) is 4.62. The average Bonchev–Trinajstić information content (AvgIpc) is 2.51. The van der Waals surface area contributed by atoms with Gasteiger partial charge in [-0.2, -0.15) is 0 Å². The molecule has 1 aliphatic heterocycles. The van der Waals surface area contributed by atoms with Gasteiger partial charge < -0.3 is 20.1 Å². The Kier molecular flexibility index (Phi) is 8.20. The molecule has 1 heterocycles. The van der Waals surface area contributed by atoms with Gasteiger partial charge in [-0.25, -0.2) is 0 Å². The summed E-state index contributed by atoms with van der Waals surface area (Å²) in [6, 6.07) is 8.36. The van der Waals surface area contributed by atoms with Gasteiger partial charge in [0.05, 0.1) is 12.1 Å². The number of guanidine groups is 1. The van der Waals surface area contributed by atoms with Gasteiger partial charge in [0.25, 0.3) is 0 Å². The molecule has 2 N–H and O–H groups in total. The maximum absolute atomic E-state index is 6.10. The van der Waals surface area contributed by atoms with E-state index in [1.54, 1.807) is 14.2 Å². The van der Waals surface area contributed by atoms with Crippen molar-refractivity contribution in [3.8, 4) is 5.75 Å². The van der Waals surface area contributed by atoms with Gasteiger partial charge >= 0.3 is 0 Å². The minimum atomic E-state index is -0.217. The molecule has 1 aromatic rings. The third-order valence-electron chi connectivity index (χ3n) is 4.62. The monoisotopic (exact) mass is 475 g/mol. The molecule has 2 unspecified atom stereocenters. The molecule has 0 fully saturated rings. The van der Waals surface area contributed by atoms with Crippen molar-refractivity contribution >= 4 is 29.9 Å². The summed E-state index contributed by atoms with van der Waals surface area (Å²) in [5, 5.41) is 6.96. The van der Waals surface area contributed by atoms with Crippen LogP contribution in [-0.2, 0) is 4.74 Å². The SMILES string of the molecule is CN=C(NCC(OC)C(C)(C)C)NC1CC(C)(C)Oc2ccccc21.I. The molecule has 0 spiro atoms. The van der Waals surface area contributed by atoms with Crippen LogP contribution in [0.2, 0.25) is 0 Å². The summed E-state index contributed by atoms with van der Waals surface area (Å²) in [6.07, 6.45) is 0.974. The van der Waals surface area contributed by atoms with Crippen molar-refractivity contribution in [1.29, 1.82) is 0 Å². The smallest absolute Gasteiger partial charge is 0.191 e. The van der Waals surface area contributed by atoms with Gasteiger partial charge in [-0.1, -0.05) is 39.0 Å². The first kappa shape index (κ1) is 23.0. The molecule has 2 rings (SSSR count). The van der Waals surface area contributed by atoms with E-state index in [4.69, 9.17) is 9.47 Å². The molecule has 0 radical (unpaired) electrons. The highest BCUT2D eigenvalue weighted by Gasteiger charge is 2.34. The number of methoxy groups -OCH3 is 1. The summed E-state index contributed by atoms with van der Waals surface area (Å²) in [4.78, 5) is 4.39. The zero-order valence-corrected chi connectivity index (χ0v) is 19.4. The van der Waals surface area contributed by atoms with Crippen LogP contribution < -0.4 is 15.4 Å². The molecule has 1 aliphatic rings. The van der Waals surface area contributed by atoms with E-state index in [1.165, 1.54) is 5.56 Å². The van der Waals surface area contributed by atoms with Crippen molar-refractivity contribution in [3.05, 3.63) is 29.8 Å². The molecule has 26 heavy (non-hydrogen) atoms. The van der Waals surface area contributed by atoms with Gasteiger partial charge in [0.1, 0.15) is 11.4 Å². The molecule has 0 amide bonds. The lowest BCUT2D eigenvalue weighted by atomic mass is 9.89. The van der Waals surface area contributed by atoms with Crippen LogP contribution >= 0.6 is 24.0 Å². The summed E-state index contributed by atoms with van der Waals surface area (Å²) in [5.41, 5.74) is 1.02. The van der Waals surface area contributed by atoms with Gasteiger partial charge in [-0.15, -0.1) is 24.0 Å². The van der Waals surface area contributed by atoms with Crippen LogP contribution in [0, 0.1) is 5.41 Å². The topological polar surface area (TPSA) is 54.9 Å². The van der Waals surface area contributed by atoms with E-state index >= 15 is 0 Å². The highest BCUT2D eigenvalue weighted by atomic mass is 127. The van der Waals surface area contributed by atoms with Crippen LogP contribution in [0.5, 0.6) is 5.75 Å². The van der Waals surface area contributed by atoms with Gasteiger partial charge in [-0.05, 0) is 25.3 Å². The number of ether oxygens (including phenoxy) is 2. The normalized spacial score (nSPS) is 20.3. The first-order valence-electron chi connectivity index (χ1n) is 8.94. The minimum Gasteiger partial charge on any atom is -0.487 e. The van der Waals surface area contributed by atoms with Crippen LogP contribution in [0.25, 0.3) is 0 Å². The Bertz CT molecular complexity index is 611. The first-order chi connectivity index (χ1) is 11.7. The zero-order chi connectivity index (χ0) is 18.7. The predicted molar refractivity (Wildman–Crippen MR) is 119 cm³/mol. The Labute approximate surface area is 175 Å². The Morgan fingerprint density at radius 1 is 1.35 bits per heavy atom. The molecule has 0 aromatic heterocycles. The lowest BCUT2D eigenvalue weighted by molar-refractivity contribution is 0.0204. The quantitative estimate of drug-likeness (QED) is 0.391. The highest BCUT2D eigenvalue weighted by Crippen LogP contribution is 2.39. The van der Waals surface area contributed by atoms with E-state index in [2.05, 4.69) is 56.3 Å². The van der Waals surface area contributed by atoms with Gasteiger partial charge in [0.2, 0.25) is 0 Å². The number of hydrogen-bond donors (Lipinski definition) is 2. The molecule has 0 bridgehead atoms. The van der Waals surface area contributed by atoms with E-state index in [-0.39, 0.29) is 47.1 Å². The molecule has 6 heteroatoms. The number of nitrogens with one attached hydrogen (secondary N) is 2. The number of halogens is 1. The number of hydrogen-bond acceptors (Lipinski definition) is 3. The maximum atomic E-state index is 6.10. The summed E-state index contributed by atoms with van der Waals surface area (Å²) >= 11 is 0. The summed E-state index contributed by atoms with van der Waals surface area (Å²) in [6.45, 7) is 11.5. The van der Waals surface area contributed by atoms with Crippen molar-refractivity contribution in [2.24, 2.45) is 10.4 Å². The Morgan fingerprint density at radius 3 is 2.58 bits per heavy atom. The molecule has 2 atom stereocenters. The second-order valence-electron chi connectivity index (χ2n) is 8.34. The predicted octanol–water partition coefficient (Wildman–Crippen LogP) is 4.13. The van der Waals surface area contributed by atoms with E-state index in [1.807, 2.05) is 18.2 Å². The number of rotatable bonds is 4. The Morgan fingerprint density at radius 2 is 2.00 bits per heavy atom. The Hall–Kier alpha value is -1.02. The van der Waals surface area contributed by atoms with Crippen molar-refractivity contribution in [2.45, 2.75) is 58.8 Å². The van der Waals surface area contributed by atoms with Crippen LogP contribution in [0.1, 0.15) is 52.6 Å². The zero-order valence-electron chi connectivity index (χ0n) is 17.1. The van der Waals surface area contributed by atoms with E-state index in [0.29, 0.717) is 6.54 Å². The van der Waals surface area contributed by atoms with Crippen LogP contribution in [0.4, 0.5) is 0 Å². The number of nitrogens with zero attached hydrogens (tertiary/aromatic N) is 1. The standard InChI is InChI=1S/C20H33N3O2.HI/c1-19(2,3)17(24-7)13-22-18(21-6)23-15-12-20(4,5)25-16-11-9-8-10-14(15)16;/h8-11,15,17H,12-13H2,1-7H3,(H2,21,22,23);1H. The lowest BCUT2D eigenvalue weighted by Crippen LogP contribution is -2.48. The molecule has 1 aromatic carbocycles. The molecule has 0 aliphatic carbocycles. The van der Waals surface area contributed by atoms with E-state index in [9.17, 15) is 0 Å². The fourth-order valence-corrected chi connectivity index (χ4v) is 3.22. The third kappa shape index (κ3) is 6.01. The van der Waals surface area contributed by atoms with Gasteiger partial charge in [-0.3, -0.25) is 4.99 Å². The van der Waals surface area contributed by atoms with Crippen molar-refractivity contribution in [2.75, 3.05) is 20.7 Å². The summed E-state index contributed by atoms with van der Waals surface area (Å²) in [7, 11) is 3.55. The van der Waals surface area contributed by atoms with Gasteiger partial charge in [0.15, 0.2) is 5.96 Å². The summed E-state index contributed by atoms with van der Waals surface area (Å²) in [5.74, 6) is 1.72. The van der Waals surface area contributed by atoms with Crippen LogP contribution in [0.15, 0.2) is 29.3 Å². The lowest BCUT2D eigenvalue weighted by Gasteiger charge is -2.38. The number of benzene rings is 1. The van der Waals surface area contributed by atoms with E-state index in [0.717, 1.165) is 18.1 Å². The minimum absolute atomic E-state index is 0. The van der Waals surface area contributed by atoms with E-state index < -0.39 is 0 Å². The fourth-order valence-electron chi connectivity index (χ4n) is 3.22. The number of aliphatic imine (C=N–C) groups is 1. The second-order valence-corrected chi connectivity index (χ2v) is 8.34. The van der Waals surface area contributed by atoms with Crippen molar-refractivity contribution < 1.29 is 9.47 Å². The average molecular weight is 475 g/mol. The number of fused-ring (bicyclic) bond motifs is 1. The van der Waals surface area contributed by atoms with Crippen molar-refractivity contribution in [1.82, 2.24) is 10.6 Å². The van der Waals surface area contributed by atoms with Crippen LogP contribution in [-0.4, -0.2) is 38.4 Å².